The van der Waals surface area contributed by atoms with E-state index in [0.29, 0.717) is 19.6 Å². The van der Waals surface area contributed by atoms with Gasteiger partial charge in [-0.05, 0) is 33.2 Å². The number of carbonyl (C=O) groups is 1. The van der Waals surface area contributed by atoms with Crippen molar-refractivity contribution < 1.29 is 14.3 Å². The fourth-order valence-electron chi connectivity index (χ4n) is 1.68. The summed E-state index contributed by atoms with van der Waals surface area (Å²) in [5.74, 6) is -0.315. The zero-order valence-corrected chi connectivity index (χ0v) is 11.4. The summed E-state index contributed by atoms with van der Waals surface area (Å²) >= 11 is 0. The highest BCUT2D eigenvalue weighted by Crippen LogP contribution is 2.12. The Morgan fingerprint density at radius 3 is 2.65 bits per heavy atom. The lowest BCUT2D eigenvalue weighted by atomic mass is 9.95. The molecule has 1 amide bonds. The van der Waals surface area contributed by atoms with E-state index in [2.05, 4.69) is 5.32 Å². The molecule has 0 spiro atoms. The average molecular weight is 246 g/mol. The molecule has 0 aromatic carbocycles. The van der Waals surface area contributed by atoms with Gasteiger partial charge in [-0.25, -0.2) is 0 Å². The molecule has 0 heterocycles. The maximum atomic E-state index is 11.3. The molecule has 0 aromatic rings. The van der Waals surface area contributed by atoms with Crippen LogP contribution in [0.2, 0.25) is 0 Å². The molecule has 5 nitrogen and oxygen atoms in total. The van der Waals surface area contributed by atoms with Gasteiger partial charge >= 0.3 is 0 Å². The maximum Gasteiger partial charge on any atom is 0.237 e. The van der Waals surface area contributed by atoms with Crippen LogP contribution in [0, 0.1) is 0 Å². The van der Waals surface area contributed by atoms with Gasteiger partial charge in [-0.1, -0.05) is 6.92 Å². The molecule has 3 N–H and O–H groups in total. The fraction of sp³-hybridized carbons (Fsp3) is 0.917. The van der Waals surface area contributed by atoms with E-state index >= 15 is 0 Å². The number of rotatable bonds is 10. The minimum absolute atomic E-state index is 0.0824. The van der Waals surface area contributed by atoms with Crippen molar-refractivity contribution in [2.45, 2.75) is 45.3 Å². The molecule has 2 unspecified atom stereocenters. The first-order valence-corrected chi connectivity index (χ1v) is 6.11. The van der Waals surface area contributed by atoms with Gasteiger partial charge in [0.15, 0.2) is 0 Å². The molecule has 0 fully saturated rings. The van der Waals surface area contributed by atoms with Crippen molar-refractivity contribution in [2.24, 2.45) is 5.73 Å². The van der Waals surface area contributed by atoms with Gasteiger partial charge < -0.3 is 20.5 Å². The van der Waals surface area contributed by atoms with E-state index in [0.717, 1.165) is 13.0 Å². The molecular weight excluding hydrogens is 220 g/mol. The Balaban J connectivity index is 3.87. The van der Waals surface area contributed by atoms with Crippen molar-refractivity contribution in [1.82, 2.24) is 5.32 Å². The van der Waals surface area contributed by atoms with Crippen molar-refractivity contribution >= 4 is 5.91 Å². The highest BCUT2D eigenvalue weighted by molar-refractivity contribution is 5.84. The van der Waals surface area contributed by atoms with Crippen LogP contribution in [0.5, 0.6) is 0 Å². The lowest BCUT2D eigenvalue weighted by Crippen LogP contribution is -2.53. The van der Waals surface area contributed by atoms with Gasteiger partial charge in [0.05, 0.1) is 18.2 Å². The normalized spacial score (nSPS) is 16.5. The molecule has 17 heavy (non-hydrogen) atoms. The van der Waals surface area contributed by atoms with Crippen molar-refractivity contribution in [1.29, 1.82) is 0 Å². The molecule has 102 valence electrons. The number of likely N-dealkylation sites (N-methyl/N-ethyl adjacent to an activating group) is 1. The van der Waals surface area contributed by atoms with Crippen LogP contribution in [0.25, 0.3) is 0 Å². The standard InChI is InChI=1S/C12H26N2O3/c1-5-14-12(3,11(13)15)7-6-8-17-10(2)9-16-4/h10,14H,5-9H2,1-4H3,(H2,13,15). The Labute approximate surface area is 104 Å². The zero-order chi connectivity index (χ0) is 13.3. The lowest BCUT2D eigenvalue weighted by molar-refractivity contribution is -0.124. The van der Waals surface area contributed by atoms with E-state index in [1.807, 2.05) is 20.8 Å². The van der Waals surface area contributed by atoms with Crippen molar-refractivity contribution in [2.75, 3.05) is 26.9 Å². The third-order valence-electron chi connectivity index (χ3n) is 2.74. The highest BCUT2D eigenvalue weighted by atomic mass is 16.5. The number of nitrogens with one attached hydrogen (secondary N) is 1. The van der Waals surface area contributed by atoms with E-state index < -0.39 is 5.54 Å². The first kappa shape index (κ1) is 16.4. The number of amides is 1. The van der Waals surface area contributed by atoms with Crippen LogP contribution in [0.15, 0.2) is 0 Å². The first-order chi connectivity index (χ1) is 7.96. The van der Waals surface area contributed by atoms with Crippen molar-refractivity contribution in [3.63, 3.8) is 0 Å². The number of nitrogens with two attached hydrogens (primary N) is 1. The summed E-state index contributed by atoms with van der Waals surface area (Å²) in [6, 6.07) is 0. The Morgan fingerprint density at radius 2 is 2.18 bits per heavy atom. The highest BCUT2D eigenvalue weighted by Gasteiger charge is 2.28. The second-order valence-electron chi connectivity index (χ2n) is 4.47. The van der Waals surface area contributed by atoms with E-state index in [4.69, 9.17) is 15.2 Å². The topological polar surface area (TPSA) is 73.6 Å². The van der Waals surface area contributed by atoms with E-state index in [1.54, 1.807) is 7.11 Å². The zero-order valence-electron chi connectivity index (χ0n) is 11.4. The molecule has 0 aromatic heterocycles. The molecule has 0 radical (unpaired) electrons. The third kappa shape index (κ3) is 6.61. The molecule has 0 bridgehead atoms. The third-order valence-corrected chi connectivity index (χ3v) is 2.74. The van der Waals surface area contributed by atoms with E-state index in [-0.39, 0.29) is 12.0 Å². The van der Waals surface area contributed by atoms with Crippen LogP contribution >= 0.6 is 0 Å². The SMILES string of the molecule is CCNC(C)(CCCOC(C)COC)C(N)=O. The quantitative estimate of drug-likeness (QED) is 0.556. The number of methoxy groups -OCH3 is 1. The molecule has 0 saturated carbocycles. The van der Waals surface area contributed by atoms with Crippen molar-refractivity contribution in [3.8, 4) is 0 Å². The van der Waals surface area contributed by atoms with Gasteiger partial charge in [0.2, 0.25) is 5.91 Å². The van der Waals surface area contributed by atoms with E-state index in [1.165, 1.54) is 0 Å². The van der Waals surface area contributed by atoms with Gasteiger partial charge in [0, 0.05) is 13.7 Å². The summed E-state index contributed by atoms with van der Waals surface area (Å²) in [4.78, 5) is 11.3. The molecule has 2 atom stereocenters. The Kier molecular flexibility index (Phi) is 8.12. The summed E-state index contributed by atoms with van der Waals surface area (Å²) in [5, 5.41) is 3.12. The smallest absolute Gasteiger partial charge is 0.237 e. The molecule has 0 aliphatic heterocycles. The number of carbonyl (C=O) groups excluding carboxylic acids is 1. The van der Waals surface area contributed by atoms with Crippen molar-refractivity contribution in [3.05, 3.63) is 0 Å². The second kappa shape index (κ2) is 8.44. The fourth-order valence-corrected chi connectivity index (χ4v) is 1.68. The van der Waals surface area contributed by atoms with Gasteiger partial charge in [0.1, 0.15) is 0 Å². The Morgan fingerprint density at radius 1 is 1.53 bits per heavy atom. The molecule has 0 saturated heterocycles. The summed E-state index contributed by atoms with van der Waals surface area (Å²) in [6.07, 6.45) is 1.55. The van der Waals surface area contributed by atoms with Crippen LogP contribution < -0.4 is 11.1 Å². The Hall–Kier alpha value is -0.650. The maximum absolute atomic E-state index is 11.3. The summed E-state index contributed by atoms with van der Waals surface area (Å²) in [6.45, 7) is 7.66. The minimum atomic E-state index is -0.636. The summed E-state index contributed by atoms with van der Waals surface area (Å²) in [7, 11) is 1.65. The van der Waals surface area contributed by atoms with Crippen LogP contribution in [0.1, 0.15) is 33.6 Å². The number of hydrogen-bond donors (Lipinski definition) is 2. The number of primary amides is 1. The Bertz CT molecular complexity index is 224. The van der Waals surface area contributed by atoms with Crippen LogP contribution in [-0.4, -0.2) is 44.4 Å². The molecule has 0 rings (SSSR count). The molecule has 0 aliphatic rings. The summed E-state index contributed by atoms with van der Waals surface area (Å²) < 4.78 is 10.5. The van der Waals surface area contributed by atoms with Crippen LogP contribution in [0.4, 0.5) is 0 Å². The number of hydrogen-bond acceptors (Lipinski definition) is 4. The predicted molar refractivity (Wildman–Crippen MR) is 67.8 cm³/mol. The summed E-state index contributed by atoms with van der Waals surface area (Å²) in [5.41, 5.74) is 4.75. The second-order valence-corrected chi connectivity index (χ2v) is 4.47. The van der Waals surface area contributed by atoms with Gasteiger partial charge in [-0.3, -0.25) is 4.79 Å². The number of ether oxygens (including phenoxy) is 2. The molecular formula is C12H26N2O3. The largest absolute Gasteiger partial charge is 0.382 e. The van der Waals surface area contributed by atoms with E-state index in [9.17, 15) is 4.79 Å². The van der Waals surface area contributed by atoms with Crippen LogP contribution in [0.3, 0.4) is 0 Å². The van der Waals surface area contributed by atoms with Gasteiger partial charge in [-0.2, -0.15) is 0 Å². The molecule has 0 aliphatic carbocycles. The predicted octanol–water partition coefficient (Wildman–Crippen LogP) is 0.672. The minimum Gasteiger partial charge on any atom is -0.382 e. The van der Waals surface area contributed by atoms with Crippen LogP contribution in [-0.2, 0) is 14.3 Å². The lowest BCUT2D eigenvalue weighted by Gasteiger charge is -2.27. The average Bonchev–Trinajstić information content (AvgIpc) is 2.25. The monoisotopic (exact) mass is 246 g/mol. The van der Waals surface area contributed by atoms with Gasteiger partial charge in [0.25, 0.3) is 0 Å². The first-order valence-electron chi connectivity index (χ1n) is 6.11. The van der Waals surface area contributed by atoms with Gasteiger partial charge in [-0.15, -0.1) is 0 Å². The molecule has 5 heteroatoms.